The molecular weight excluding hydrogens is 260 g/mol. The molecule has 1 fully saturated rings. The molecule has 0 heterocycles. The molecule has 0 aromatic heterocycles. The van der Waals surface area contributed by atoms with Crippen molar-refractivity contribution < 1.29 is 4.79 Å². The van der Waals surface area contributed by atoms with E-state index in [1.54, 1.807) is 11.8 Å². The van der Waals surface area contributed by atoms with Gasteiger partial charge in [-0.2, -0.15) is 0 Å². The summed E-state index contributed by atoms with van der Waals surface area (Å²) in [5, 5.41) is 3.69. The van der Waals surface area contributed by atoms with E-state index in [1.165, 1.54) is 56.2 Å². The Hall–Kier alpha value is -1.51. The van der Waals surface area contributed by atoms with E-state index in [1.807, 2.05) is 7.05 Å². The van der Waals surface area contributed by atoms with E-state index in [4.69, 9.17) is 0 Å². The van der Waals surface area contributed by atoms with Gasteiger partial charge in [-0.15, -0.1) is 0 Å². The van der Waals surface area contributed by atoms with Crippen molar-refractivity contribution in [3.05, 3.63) is 29.8 Å². The Balaban J connectivity index is 1.94. The van der Waals surface area contributed by atoms with Crippen LogP contribution in [0.4, 0.5) is 5.69 Å². The third-order valence-corrected chi connectivity index (χ3v) is 4.36. The molecule has 0 bridgehead atoms. The second kappa shape index (κ2) is 8.06. The Kier molecular flexibility index (Phi) is 6.09. The summed E-state index contributed by atoms with van der Waals surface area (Å²) in [5.41, 5.74) is 2.37. The predicted octanol–water partition coefficient (Wildman–Crippen LogP) is 4.19. The van der Waals surface area contributed by atoms with Gasteiger partial charge in [-0.25, -0.2) is 0 Å². The molecule has 116 valence electrons. The van der Waals surface area contributed by atoms with Crippen LogP contribution in [0.1, 0.15) is 57.4 Å². The smallest absolute Gasteiger partial charge is 0.219 e. The van der Waals surface area contributed by atoms with Crippen molar-refractivity contribution in [3.63, 3.8) is 0 Å². The second-order valence-electron chi connectivity index (χ2n) is 6.26. The molecule has 3 heteroatoms. The lowest BCUT2D eigenvalue weighted by Crippen LogP contribution is -2.23. The molecule has 1 N–H and O–H groups in total. The maximum absolute atomic E-state index is 11.3. The van der Waals surface area contributed by atoms with Crippen LogP contribution in [0.15, 0.2) is 24.3 Å². The highest BCUT2D eigenvalue weighted by atomic mass is 16.2. The number of carbonyl (C=O) groups is 1. The number of nitrogens with one attached hydrogen (secondary N) is 1. The number of anilines is 1. The molecule has 0 spiro atoms. The van der Waals surface area contributed by atoms with Gasteiger partial charge in [0.15, 0.2) is 0 Å². The van der Waals surface area contributed by atoms with Gasteiger partial charge in [0, 0.05) is 32.2 Å². The van der Waals surface area contributed by atoms with Crippen LogP contribution in [0.25, 0.3) is 0 Å². The zero-order valence-corrected chi connectivity index (χ0v) is 13.4. The van der Waals surface area contributed by atoms with Crippen LogP contribution in [-0.4, -0.2) is 23.9 Å². The molecule has 0 aliphatic heterocycles. The standard InChI is InChI=1S/C18H28N2O/c1-15(21)20(2)14-16-9-8-12-18(13-16)19-17-10-6-4-3-5-7-11-17/h8-9,12-13,17,19H,3-7,10-11,14H2,1-2H3. The summed E-state index contributed by atoms with van der Waals surface area (Å²) in [6, 6.07) is 9.08. The van der Waals surface area contributed by atoms with Crippen molar-refractivity contribution in [3.8, 4) is 0 Å². The molecule has 0 radical (unpaired) electrons. The highest BCUT2D eigenvalue weighted by Gasteiger charge is 2.11. The monoisotopic (exact) mass is 288 g/mol. The van der Waals surface area contributed by atoms with Crippen LogP contribution in [-0.2, 0) is 11.3 Å². The molecule has 1 aliphatic carbocycles. The normalized spacial score (nSPS) is 16.9. The zero-order chi connectivity index (χ0) is 15.1. The van der Waals surface area contributed by atoms with Crippen LogP contribution < -0.4 is 5.32 Å². The van der Waals surface area contributed by atoms with E-state index in [2.05, 4.69) is 29.6 Å². The zero-order valence-electron chi connectivity index (χ0n) is 13.4. The lowest BCUT2D eigenvalue weighted by Gasteiger charge is -2.23. The summed E-state index contributed by atoms with van der Waals surface area (Å²) in [6.07, 6.45) is 9.38. The lowest BCUT2D eigenvalue weighted by atomic mass is 9.96. The SMILES string of the molecule is CC(=O)N(C)Cc1cccc(NC2CCCCCCC2)c1. The lowest BCUT2D eigenvalue weighted by molar-refractivity contribution is -0.128. The Bertz CT molecular complexity index is 450. The Morgan fingerprint density at radius 3 is 2.52 bits per heavy atom. The van der Waals surface area contributed by atoms with E-state index < -0.39 is 0 Å². The molecule has 3 nitrogen and oxygen atoms in total. The minimum atomic E-state index is 0.105. The fourth-order valence-electron chi connectivity index (χ4n) is 2.98. The van der Waals surface area contributed by atoms with Crippen molar-refractivity contribution >= 4 is 11.6 Å². The molecule has 21 heavy (non-hydrogen) atoms. The van der Waals surface area contributed by atoms with Crippen molar-refractivity contribution in [2.45, 2.75) is 64.5 Å². The van der Waals surface area contributed by atoms with Crippen molar-refractivity contribution in [2.24, 2.45) is 0 Å². The van der Waals surface area contributed by atoms with Crippen molar-refractivity contribution in [1.82, 2.24) is 4.90 Å². The number of carbonyl (C=O) groups excluding carboxylic acids is 1. The summed E-state index contributed by atoms with van der Waals surface area (Å²) in [5.74, 6) is 0.105. The minimum absolute atomic E-state index is 0.105. The van der Waals surface area contributed by atoms with Gasteiger partial charge in [-0.3, -0.25) is 4.79 Å². The largest absolute Gasteiger partial charge is 0.382 e. The molecule has 2 rings (SSSR count). The van der Waals surface area contributed by atoms with Crippen LogP contribution >= 0.6 is 0 Å². The van der Waals surface area contributed by atoms with Gasteiger partial charge >= 0.3 is 0 Å². The Morgan fingerprint density at radius 1 is 1.19 bits per heavy atom. The number of hydrogen-bond donors (Lipinski definition) is 1. The summed E-state index contributed by atoms with van der Waals surface area (Å²) >= 11 is 0. The van der Waals surface area contributed by atoms with Crippen LogP contribution in [0, 0.1) is 0 Å². The molecule has 0 unspecified atom stereocenters. The van der Waals surface area contributed by atoms with Gasteiger partial charge in [0.2, 0.25) is 5.91 Å². The van der Waals surface area contributed by atoms with E-state index in [9.17, 15) is 4.79 Å². The fraction of sp³-hybridized carbons (Fsp3) is 0.611. The van der Waals surface area contributed by atoms with Gasteiger partial charge in [0.05, 0.1) is 0 Å². The number of benzene rings is 1. The van der Waals surface area contributed by atoms with Gasteiger partial charge < -0.3 is 10.2 Å². The highest BCUT2D eigenvalue weighted by Crippen LogP contribution is 2.21. The first-order valence-electron chi connectivity index (χ1n) is 8.22. The molecule has 1 aromatic carbocycles. The highest BCUT2D eigenvalue weighted by molar-refractivity contribution is 5.72. The van der Waals surface area contributed by atoms with Crippen molar-refractivity contribution in [2.75, 3.05) is 12.4 Å². The predicted molar refractivity (Wildman–Crippen MR) is 88.3 cm³/mol. The Morgan fingerprint density at radius 2 is 1.86 bits per heavy atom. The van der Waals surface area contributed by atoms with Crippen LogP contribution in [0.3, 0.4) is 0 Å². The van der Waals surface area contributed by atoms with E-state index in [0.717, 1.165) is 0 Å². The van der Waals surface area contributed by atoms with Crippen LogP contribution in [0.2, 0.25) is 0 Å². The molecule has 1 aliphatic rings. The topological polar surface area (TPSA) is 32.3 Å². The molecule has 0 saturated heterocycles. The minimum Gasteiger partial charge on any atom is -0.382 e. The first-order valence-corrected chi connectivity index (χ1v) is 8.22. The summed E-state index contributed by atoms with van der Waals surface area (Å²) in [7, 11) is 1.84. The molecule has 1 amide bonds. The quantitative estimate of drug-likeness (QED) is 0.901. The van der Waals surface area contributed by atoms with Gasteiger partial charge in [-0.1, -0.05) is 44.2 Å². The molecule has 1 saturated carbocycles. The first-order chi connectivity index (χ1) is 10.1. The van der Waals surface area contributed by atoms with Gasteiger partial charge in [0.25, 0.3) is 0 Å². The maximum atomic E-state index is 11.3. The molecule has 0 atom stereocenters. The van der Waals surface area contributed by atoms with Crippen LogP contribution in [0.5, 0.6) is 0 Å². The number of rotatable bonds is 4. The first kappa shape index (κ1) is 15.9. The average Bonchev–Trinajstić information content (AvgIpc) is 2.42. The summed E-state index contributed by atoms with van der Waals surface area (Å²) < 4.78 is 0. The van der Waals surface area contributed by atoms with Crippen molar-refractivity contribution in [1.29, 1.82) is 0 Å². The van der Waals surface area contributed by atoms with E-state index in [0.29, 0.717) is 12.6 Å². The molecule has 1 aromatic rings. The van der Waals surface area contributed by atoms with Gasteiger partial charge in [0.1, 0.15) is 0 Å². The third kappa shape index (κ3) is 5.41. The fourth-order valence-corrected chi connectivity index (χ4v) is 2.98. The molecular formula is C18H28N2O. The number of hydrogen-bond acceptors (Lipinski definition) is 2. The average molecular weight is 288 g/mol. The van der Waals surface area contributed by atoms with Gasteiger partial charge in [-0.05, 0) is 30.5 Å². The number of nitrogens with zero attached hydrogens (tertiary/aromatic N) is 1. The Labute approximate surface area is 128 Å². The third-order valence-electron chi connectivity index (χ3n) is 4.36. The number of amides is 1. The summed E-state index contributed by atoms with van der Waals surface area (Å²) in [6.45, 7) is 2.28. The summed E-state index contributed by atoms with van der Waals surface area (Å²) in [4.78, 5) is 13.1. The van der Waals surface area contributed by atoms with E-state index >= 15 is 0 Å². The maximum Gasteiger partial charge on any atom is 0.219 e. The van der Waals surface area contributed by atoms with E-state index in [-0.39, 0.29) is 5.91 Å². The second-order valence-corrected chi connectivity index (χ2v) is 6.26.